The molecule has 1 aliphatic carbocycles. The number of hydrogen-bond donors (Lipinski definition) is 1. The van der Waals surface area contributed by atoms with Crippen LogP contribution in [0, 0.1) is 0 Å². The maximum Gasteiger partial charge on any atom is 0.109 e. The zero-order valence-corrected chi connectivity index (χ0v) is 7.48. The van der Waals surface area contributed by atoms with Crippen molar-refractivity contribution in [2.24, 2.45) is 0 Å². The fraction of sp³-hybridized carbons (Fsp3) is 0.364. The Hall–Kier alpha value is -1.15. The molecule has 0 spiro atoms. The molecule has 1 aromatic heterocycles. The lowest BCUT2D eigenvalue weighted by Gasteiger charge is -2.27. The lowest BCUT2D eigenvalue weighted by molar-refractivity contribution is 0.0722. The maximum absolute atomic E-state index is 10.2. The summed E-state index contributed by atoms with van der Waals surface area (Å²) >= 11 is 0. The molecule has 0 saturated carbocycles. The van der Waals surface area contributed by atoms with Gasteiger partial charge in [0.2, 0.25) is 0 Å². The molecule has 1 aliphatic rings. The second-order valence-electron chi connectivity index (χ2n) is 3.46. The van der Waals surface area contributed by atoms with Gasteiger partial charge in [-0.25, -0.2) is 0 Å². The number of hydrogen-bond acceptors (Lipinski definition) is 2. The lowest BCUT2D eigenvalue weighted by atomic mass is 9.86. The second-order valence-corrected chi connectivity index (χ2v) is 3.46. The summed E-state index contributed by atoms with van der Waals surface area (Å²) in [6.45, 7) is 0. The topological polar surface area (TPSA) is 33.1 Å². The van der Waals surface area contributed by atoms with Gasteiger partial charge in [-0.15, -0.1) is 0 Å². The minimum atomic E-state index is -0.771. The molecule has 0 saturated heterocycles. The molecule has 1 atom stereocenters. The third-order valence-electron chi connectivity index (χ3n) is 2.48. The number of aromatic nitrogens is 1. The van der Waals surface area contributed by atoms with Crippen LogP contribution in [0.1, 0.15) is 24.8 Å². The van der Waals surface area contributed by atoms with Crippen LogP contribution in [0.3, 0.4) is 0 Å². The maximum atomic E-state index is 10.2. The molecule has 2 heteroatoms. The SMILES string of the molecule is OC1(c2cccnc2)C=CCCC1. The molecule has 1 unspecified atom stereocenters. The van der Waals surface area contributed by atoms with Gasteiger partial charge in [-0.1, -0.05) is 18.2 Å². The van der Waals surface area contributed by atoms with E-state index in [0.717, 1.165) is 24.8 Å². The molecule has 0 aromatic carbocycles. The van der Waals surface area contributed by atoms with Gasteiger partial charge in [0.05, 0.1) is 0 Å². The Morgan fingerprint density at radius 1 is 1.46 bits per heavy atom. The van der Waals surface area contributed by atoms with E-state index in [1.54, 1.807) is 12.4 Å². The standard InChI is InChI=1S/C11H13NO/c13-11(6-2-1-3-7-11)10-5-4-8-12-9-10/h2,4-6,8-9,13H,1,3,7H2. The van der Waals surface area contributed by atoms with Crippen molar-refractivity contribution in [3.05, 3.63) is 42.2 Å². The summed E-state index contributed by atoms with van der Waals surface area (Å²) in [7, 11) is 0. The van der Waals surface area contributed by atoms with Crippen molar-refractivity contribution in [1.29, 1.82) is 0 Å². The molecule has 1 heterocycles. The van der Waals surface area contributed by atoms with E-state index >= 15 is 0 Å². The summed E-state index contributed by atoms with van der Waals surface area (Å²) < 4.78 is 0. The quantitative estimate of drug-likeness (QED) is 0.662. The first kappa shape index (κ1) is 8.45. The van der Waals surface area contributed by atoms with E-state index in [2.05, 4.69) is 4.98 Å². The number of allylic oxidation sites excluding steroid dienone is 1. The van der Waals surface area contributed by atoms with Gasteiger partial charge in [-0.3, -0.25) is 4.98 Å². The van der Waals surface area contributed by atoms with E-state index < -0.39 is 5.60 Å². The number of pyridine rings is 1. The van der Waals surface area contributed by atoms with Crippen molar-refractivity contribution in [2.45, 2.75) is 24.9 Å². The Kier molecular flexibility index (Phi) is 2.15. The average molecular weight is 175 g/mol. The van der Waals surface area contributed by atoms with Crippen molar-refractivity contribution in [1.82, 2.24) is 4.98 Å². The first-order chi connectivity index (χ1) is 6.31. The monoisotopic (exact) mass is 175 g/mol. The summed E-state index contributed by atoms with van der Waals surface area (Å²) in [6, 6.07) is 3.78. The van der Waals surface area contributed by atoms with Crippen molar-refractivity contribution in [3.8, 4) is 0 Å². The van der Waals surface area contributed by atoms with E-state index in [0.29, 0.717) is 0 Å². The van der Waals surface area contributed by atoms with Crippen LogP contribution in [0.4, 0.5) is 0 Å². The molecular formula is C11H13NO. The molecule has 13 heavy (non-hydrogen) atoms. The van der Waals surface area contributed by atoms with E-state index in [1.165, 1.54) is 0 Å². The molecule has 2 rings (SSSR count). The van der Waals surface area contributed by atoms with Crippen molar-refractivity contribution < 1.29 is 5.11 Å². The zero-order chi connectivity index (χ0) is 9.15. The van der Waals surface area contributed by atoms with Crippen molar-refractivity contribution in [2.75, 3.05) is 0 Å². The Balaban J connectivity index is 2.34. The normalized spacial score (nSPS) is 27.5. The van der Waals surface area contributed by atoms with Crippen LogP contribution in [0.5, 0.6) is 0 Å². The fourth-order valence-corrected chi connectivity index (χ4v) is 1.71. The molecule has 1 aromatic rings. The first-order valence-corrected chi connectivity index (χ1v) is 4.62. The van der Waals surface area contributed by atoms with Crippen molar-refractivity contribution in [3.63, 3.8) is 0 Å². The molecular weight excluding hydrogens is 162 g/mol. The van der Waals surface area contributed by atoms with Crippen LogP contribution < -0.4 is 0 Å². The Bertz CT molecular complexity index is 307. The van der Waals surface area contributed by atoms with Crippen LogP contribution in [0.25, 0.3) is 0 Å². The molecule has 2 nitrogen and oxygen atoms in total. The summed E-state index contributed by atoms with van der Waals surface area (Å²) in [5.41, 5.74) is 0.123. The molecule has 68 valence electrons. The highest BCUT2D eigenvalue weighted by atomic mass is 16.3. The van der Waals surface area contributed by atoms with Crippen LogP contribution in [-0.4, -0.2) is 10.1 Å². The minimum Gasteiger partial charge on any atom is -0.381 e. The van der Waals surface area contributed by atoms with Gasteiger partial charge in [0, 0.05) is 18.0 Å². The highest BCUT2D eigenvalue weighted by molar-refractivity contribution is 5.25. The number of rotatable bonds is 1. The largest absolute Gasteiger partial charge is 0.381 e. The lowest BCUT2D eigenvalue weighted by Crippen LogP contribution is -2.24. The Morgan fingerprint density at radius 3 is 3.00 bits per heavy atom. The molecule has 0 bridgehead atoms. The van der Waals surface area contributed by atoms with E-state index in [4.69, 9.17) is 0 Å². The van der Waals surface area contributed by atoms with Gasteiger partial charge >= 0.3 is 0 Å². The predicted molar refractivity (Wildman–Crippen MR) is 51.1 cm³/mol. The smallest absolute Gasteiger partial charge is 0.109 e. The summed E-state index contributed by atoms with van der Waals surface area (Å²) in [6.07, 6.45) is 10.3. The molecule has 0 fully saturated rings. The van der Waals surface area contributed by atoms with Gasteiger partial charge in [0.25, 0.3) is 0 Å². The van der Waals surface area contributed by atoms with Crippen LogP contribution in [0.15, 0.2) is 36.7 Å². The fourth-order valence-electron chi connectivity index (χ4n) is 1.71. The molecule has 1 N–H and O–H groups in total. The Labute approximate surface area is 77.9 Å². The third-order valence-corrected chi connectivity index (χ3v) is 2.48. The van der Waals surface area contributed by atoms with Gasteiger partial charge in [-0.05, 0) is 25.3 Å². The summed E-state index contributed by atoms with van der Waals surface area (Å²) in [5, 5.41) is 10.2. The Morgan fingerprint density at radius 2 is 2.38 bits per heavy atom. The first-order valence-electron chi connectivity index (χ1n) is 4.62. The van der Waals surface area contributed by atoms with E-state index in [1.807, 2.05) is 24.3 Å². The van der Waals surface area contributed by atoms with E-state index in [9.17, 15) is 5.11 Å². The molecule has 0 aliphatic heterocycles. The van der Waals surface area contributed by atoms with Gasteiger partial charge in [-0.2, -0.15) is 0 Å². The summed E-state index contributed by atoms with van der Waals surface area (Å²) in [4.78, 5) is 4.01. The van der Waals surface area contributed by atoms with Gasteiger partial charge in [0.1, 0.15) is 5.60 Å². The second kappa shape index (κ2) is 3.30. The van der Waals surface area contributed by atoms with Gasteiger partial charge < -0.3 is 5.11 Å². The zero-order valence-electron chi connectivity index (χ0n) is 7.48. The third kappa shape index (κ3) is 1.63. The van der Waals surface area contributed by atoms with Crippen LogP contribution in [0.2, 0.25) is 0 Å². The van der Waals surface area contributed by atoms with Crippen LogP contribution >= 0.6 is 0 Å². The number of nitrogens with zero attached hydrogens (tertiary/aromatic N) is 1. The van der Waals surface area contributed by atoms with Gasteiger partial charge in [0.15, 0.2) is 0 Å². The highest BCUT2D eigenvalue weighted by Crippen LogP contribution is 2.31. The number of aliphatic hydroxyl groups is 1. The molecule has 0 radical (unpaired) electrons. The predicted octanol–water partition coefficient (Wildman–Crippen LogP) is 2.01. The van der Waals surface area contributed by atoms with Crippen LogP contribution in [-0.2, 0) is 5.60 Å². The average Bonchev–Trinajstić information content (AvgIpc) is 2.20. The van der Waals surface area contributed by atoms with Crippen molar-refractivity contribution >= 4 is 0 Å². The molecule has 0 amide bonds. The highest BCUT2D eigenvalue weighted by Gasteiger charge is 2.27. The summed E-state index contributed by atoms with van der Waals surface area (Å²) in [5.74, 6) is 0. The van der Waals surface area contributed by atoms with E-state index in [-0.39, 0.29) is 0 Å². The minimum absolute atomic E-state index is 0.771.